The number of hydrogen-bond acceptors (Lipinski definition) is 9. The second-order valence-electron chi connectivity index (χ2n) is 8.95. The van der Waals surface area contributed by atoms with E-state index >= 15 is 0 Å². The SMILES string of the molecule is Cc1cn([C@@H]2C[C@@H](O)C(CO[P@@](=O)(N[C@@H](C)C(=O)OC3CCC3)Oc3ccccc3)O2)c(=O)[nH]c1=S. The number of hydrogen-bond donors (Lipinski definition) is 3. The molecular formula is C23H30N3O8PS. The summed E-state index contributed by atoms with van der Waals surface area (Å²) >= 11 is 5.08. The molecule has 4 rings (SSSR count). The molecule has 1 saturated carbocycles. The Bertz CT molecular complexity index is 1230. The molecule has 13 heteroatoms. The number of aromatic amines is 1. The Morgan fingerprint density at radius 2 is 2.08 bits per heavy atom. The van der Waals surface area contributed by atoms with Crippen LogP contribution in [0.1, 0.15) is 44.4 Å². The summed E-state index contributed by atoms with van der Waals surface area (Å²) < 4.78 is 37.8. The highest BCUT2D eigenvalue weighted by molar-refractivity contribution is 7.71. The fraction of sp³-hybridized carbons (Fsp3) is 0.522. The number of rotatable bonds is 10. The maximum absolute atomic E-state index is 13.6. The third-order valence-electron chi connectivity index (χ3n) is 6.08. The van der Waals surface area contributed by atoms with Crippen molar-refractivity contribution in [2.75, 3.05) is 6.61 Å². The Balaban J connectivity index is 1.44. The fourth-order valence-corrected chi connectivity index (χ4v) is 5.40. The Hall–Kier alpha value is -2.34. The van der Waals surface area contributed by atoms with Gasteiger partial charge in [0.2, 0.25) is 0 Å². The van der Waals surface area contributed by atoms with Crippen molar-refractivity contribution in [3.63, 3.8) is 0 Å². The Labute approximate surface area is 213 Å². The average Bonchev–Trinajstić information content (AvgIpc) is 3.18. The lowest BCUT2D eigenvalue weighted by molar-refractivity contribution is -0.154. The van der Waals surface area contributed by atoms with E-state index in [4.69, 9.17) is 30.7 Å². The zero-order valence-corrected chi connectivity index (χ0v) is 21.7. The number of benzene rings is 1. The van der Waals surface area contributed by atoms with Crippen molar-refractivity contribution in [2.45, 2.75) is 70.1 Å². The number of aromatic nitrogens is 2. The smallest absolute Gasteiger partial charge is 0.459 e. The van der Waals surface area contributed by atoms with E-state index in [-0.39, 0.29) is 24.9 Å². The minimum absolute atomic E-state index is 0.110. The monoisotopic (exact) mass is 539 g/mol. The van der Waals surface area contributed by atoms with Gasteiger partial charge in [-0.1, -0.05) is 30.4 Å². The average molecular weight is 540 g/mol. The first-order chi connectivity index (χ1) is 17.1. The molecule has 1 unspecified atom stereocenters. The van der Waals surface area contributed by atoms with Crippen LogP contribution in [0.5, 0.6) is 5.75 Å². The first kappa shape index (κ1) is 26.7. The highest BCUT2D eigenvalue weighted by atomic mass is 32.1. The third kappa shape index (κ3) is 6.50. The summed E-state index contributed by atoms with van der Waals surface area (Å²) in [6, 6.07) is 7.39. The predicted octanol–water partition coefficient (Wildman–Crippen LogP) is 3.14. The molecule has 5 atom stereocenters. The van der Waals surface area contributed by atoms with Gasteiger partial charge in [-0.05, 0) is 45.2 Å². The van der Waals surface area contributed by atoms with Gasteiger partial charge in [0, 0.05) is 18.2 Å². The standard InChI is InChI=1S/C23H30N3O8PS/c1-14-12-26(23(29)24-21(14)36)20-11-18(27)19(33-20)13-31-35(30,34-17-7-4-3-5-8-17)25-15(2)22(28)32-16-9-6-10-16/h3-5,7-8,12,15-16,18-20,27H,6,9-11,13H2,1-2H3,(H,25,30)(H,24,29,36)/t15-,18+,19?,20-,35-/m0/s1. The number of carbonyl (C=O) groups excluding carboxylic acids is 1. The summed E-state index contributed by atoms with van der Waals surface area (Å²) in [5, 5.41) is 13.2. The highest BCUT2D eigenvalue weighted by Gasteiger charge is 2.40. The minimum atomic E-state index is -4.11. The summed E-state index contributed by atoms with van der Waals surface area (Å²) in [6.07, 6.45) is 1.47. The van der Waals surface area contributed by atoms with Crippen LogP contribution in [0.3, 0.4) is 0 Å². The fourth-order valence-electron chi connectivity index (χ4n) is 3.76. The summed E-state index contributed by atoms with van der Waals surface area (Å²) in [4.78, 5) is 27.3. The van der Waals surface area contributed by atoms with Gasteiger partial charge in [-0.25, -0.2) is 9.36 Å². The Morgan fingerprint density at radius 3 is 2.75 bits per heavy atom. The van der Waals surface area contributed by atoms with Crippen LogP contribution >= 0.6 is 20.0 Å². The Morgan fingerprint density at radius 1 is 1.36 bits per heavy atom. The van der Waals surface area contributed by atoms with E-state index in [2.05, 4.69) is 10.1 Å². The minimum Gasteiger partial charge on any atom is -0.461 e. The van der Waals surface area contributed by atoms with Crippen LogP contribution in [0.4, 0.5) is 0 Å². The van der Waals surface area contributed by atoms with Crippen LogP contribution in [0.15, 0.2) is 41.3 Å². The van der Waals surface area contributed by atoms with Crippen molar-refractivity contribution < 1.29 is 33.0 Å². The maximum Gasteiger partial charge on any atom is 0.459 e. The number of H-pyrrole nitrogens is 1. The van der Waals surface area contributed by atoms with E-state index < -0.39 is 43.9 Å². The maximum atomic E-state index is 13.6. The number of aliphatic hydroxyl groups is 1. The van der Waals surface area contributed by atoms with E-state index in [0.29, 0.717) is 10.2 Å². The molecule has 11 nitrogen and oxygen atoms in total. The molecule has 2 aliphatic rings. The quantitative estimate of drug-likeness (QED) is 0.234. The lowest BCUT2D eigenvalue weighted by atomic mass is 9.96. The molecule has 1 aromatic heterocycles. The van der Waals surface area contributed by atoms with E-state index in [1.807, 2.05) is 0 Å². The molecule has 0 bridgehead atoms. The van der Waals surface area contributed by atoms with E-state index in [1.165, 1.54) is 11.5 Å². The number of esters is 1. The normalized spacial score (nSPS) is 24.5. The van der Waals surface area contributed by atoms with Gasteiger partial charge >= 0.3 is 19.4 Å². The molecule has 2 fully saturated rings. The van der Waals surface area contributed by atoms with Gasteiger partial charge in [0.15, 0.2) is 0 Å². The molecule has 0 amide bonds. The van der Waals surface area contributed by atoms with Crippen LogP contribution in [-0.4, -0.2) is 51.6 Å². The van der Waals surface area contributed by atoms with E-state index in [1.54, 1.807) is 43.5 Å². The summed E-state index contributed by atoms with van der Waals surface area (Å²) in [5.74, 6) is -0.297. The van der Waals surface area contributed by atoms with Crippen molar-refractivity contribution >= 4 is 25.9 Å². The summed E-state index contributed by atoms with van der Waals surface area (Å²) in [6.45, 7) is 2.94. The lowest BCUT2D eigenvalue weighted by Crippen LogP contribution is -2.39. The molecular weight excluding hydrogens is 509 g/mol. The van der Waals surface area contributed by atoms with Crippen LogP contribution < -0.4 is 15.3 Å². The van der Waals surface area contributed by atoms with E-state index in [0.717, 1.165) is 19.3 Å². The number of nitrogens with one attached hydrogen (secondary N) is 2. The second-order valence-corrected chi connectivity index (χ2v) is 11.1. The second kappa shape index (κ2) is 11.4. The van der Waals surface area contributed by atoms with Gasteiger partial charge in [-0.3, -0.25) is 18.9 Å². The van der Waals surface area contributed by atoms with Crippen molar-refractivity contribution in [1.29, 1.82) is 0 Å². The molecule has 3 N–H and O–H groups in total. The number of nitrogens with zero attached hydrogens (tertiary/aromatic N) is 1. The summed E-state index contributed by atoms with van der Waals surface area (Å²) in [5.41, 5.74) is 0.207. The molecule has 1 aliphatic heterocycles. The van der Waals surface area contributed by atoms with Gasteiger partial charge in [-0.2, -0.15) is 5.09 Å². The molecule has 36 heavy (non-hydrogen) atoms. The topological polar surface area (TPSA) is 141 Å². The van der Waals surface area contributed by atoms with Gasteiger partial charge in [0.1, 0.15) is 34.9 Å². The number of aliphatic hydroxyl groups excluding tert-OH is 1. The molecule has 1 saturated heterocycles. The molecule has 2 heterocycles. The number of ether oxygens (including phenoxy) is 2. The number of carbonyl (C=O) groups is 1. The predicted molar refractivity (Wildman–Crippen MR) is 132 cm³/mol. The molecule has 1 aromatic carbocycles. The zero-order chi connectivity index (χ0) is 25.9. The largest absolute Gasteiger partial charge is 0.461 e. The third-order valence-corrected chi connectivity index (χ3v) is 8.15. The van der Waals surface area contributed by atoms with E-state index in [9.17, 15) is 19.3 Å². The Kier molecular flexibility index (Phi) is 8.44. The molecule has 1 aliphatic carbocycles. The molecule has 2 aromatic rings. The van der Waals surface area contributed by atoms with Crippen molar-refractivity contribution in [1.82, 2.24) is 14.6 Å². The van der Waals surface area contributed by atoms with Crippen LogP contribution in [0.25, 0.3) is 0 Å². The van der Waals surface area contributed by atoms with Crippen molar-refractivity contribution in [3.05, 3.63) is 57.2 Å². The molecule has 0 spiro atoms. The van der Waals surface area contributed by atoms with Crippen LogP contribution in [0.2, 0.25) is 0 Å². The lowest BCUT2D eigenvalue weighted by Gasteiger charge is -2.28. The van der Waals surface area contributed by atoms with Gasteiger partial charge < -0.3 is 19.1 Å². The highest BCUT2D eigenvalue weighted by Crippen LogP contribution is 2.46. The number of para-hydroxylation sites is 1. The molecule has 0 radical (unpaired) electrons. The summed E-state index contributed by atoms with van der Waals surface area (Å²) in [7, 11) is -4.11. The zero-order valence-electron chi connectivity index (χ0n) is 20.0. The number of aryl methyl sites for hydroxylation is 1. The van der Waals surface area contributed by atoms with Crippen LogP contribution in [-0.2, 0) is 23.4 Å². The van der Waals surface area contributed by atoms with Crippen LogP contribution in [0, 0.1) is 11.6 Å². The van der Waals surface area contributed by atoms with Gasteiger partial charge in [0.25, 0.3) is 0 Å². The van der Waals surface area contributed by atoms with Crippen molar-refractivity contribution in [2.24, 2.45) is 0 Å². The molecule has 196 valence electrons. The van der Waals surface area contributed by atoms with Crippen molar-refractivity contribution in [3.8, 4) is 5.75 Å². The first-order valence-electron chi connectivity index (χ1n) is 11.8. The van der Waals surface area contributed by atoms with Gasteiger partial charge in [0.05, 0.1) is 12.7 Å². The first-order valence-corrected chi connectivity index (χ1v) is 13.7. The van der Waals surface area contributed by atoms with Gasteiger partial charge in [-0.15, -0.1) is 0 Å².